The number of ether oxygens (including phenoxy) is 1. The Bertz CT molecular complexity index is 727. The largest absolute Gasteiger partial charge is 0.461 e. The quantitative estimate of drug-likeness (QED) is 0.744. The first-order valence-electron chi connectivity index (χ1n) is 7.09. The zero-order valence-electron chi connectivity index (χ0n) is 12.7. The Labute approximate surface area is 132 Å². The summed E-state index contributed by atoms with van der Waals surface area (Å²) in [5.74, 6) is -0.131. The number of rotatable bonds is 6. The molecule has 0 fully saturated rings. The van der Waals surface area contributed by atoms with Crippen LogP contribution in [0.25, 0.3) is 11.4 Å². The van der Waals surface area contributed by atoms with Gasteiger partial charge in [-0.05, 0) is 0 Å². The SMILES string of the molecule is CC(=O)OCc1cnc(-c2ccccc2)n(CC(O)CO)c1=O. The van der Waals surface area contributed by atoms with Crippen molar-refractivity contribution in [3.63, 3.8) is 0 Å². The molecule has 122 valence electrons. The second kappa shape index (κ2) is 7.66. The standard InChI is InChI=1S/C16H18N2O5/c1-11(20)23-10-13-7-17-15(12-5-3-2-4-6-12)18(16(13)22)8-14(21)9-19/h2-7,14,19,21H,8-10H2,1H3. The van der Waals surface area contributed by atoms with Crippen LogP contribution in [0.4, 0.5) is 0 Å². The van der Waals surface area contributed by atoms with Crippen LogP contribution in [0.3, 0.4) is 0 Å². The van der Waals surface area contributed by atoms with E-state index in [0.29, 0.717) is 11.4 Å². The first-order chi connectivity index (χ1) is 11.0. The third kappa shape index (κ3) is 4.24. The molecule has 1 aromatic heterocycles. The molecule has 0 aliphatic rings. The molecule has 2 aromatic rings. The van der Waals surface area contributed by atoms with Crippen LogP contribution in [0.1, 0.15) is 12.5 Å². The van der Waals surface area contributed by atoms with Crippen LogP contribution >= 0.6 is 0 Å². The Morgan fingerprint density at radius 3 is 2.65 bits per heavy atom. The summed E-state index contributed by atoms with van der Waals surface area (Å²) in [6.07, 6.45) is 0.260. The van der Waals surface area contributed by atoms with Crippen LogP contribution in [0, 0.1) is 0 Å². The van der Waals surface area contributed by atoms with Crippen molar-refractivity contribution in [1.29, 1.82) is 0 Å². The van der Waals surface area contributed by atoms with Gasteiger partial charge in [-0.25, -0.2) is 4.98 Å². The van der Waals surface area contributed by atoms with Crippen molar-refractivity contribution >= 4 is 5.97 Å². The summed E-state index contributed by atoms with van der Waals surface area (Å²) in [7, 11) is 0. The fraction of sp³-hybridized carbons (Fsp3) is 0.312. The Hall–Kier alpha value is -2.51. The highest BCUT2D eigenvalue weighted by molar-refractivity contribution is 5.65. The molecule has 23 heavy (non-hydrogen) atoms. The molecule has 0 saturated heterocycles. The molecule has 2 rings (SSSR count). The van der Waals surface area contributed by atoms with E-state index in [4.69, 9.17) is 9.84 Å². The van der Waals surface area contributed by atoms with Gasteiger partial charge in [0.05, 0.1) is 24.8 Å². The van der Waals surface area contributed by atoms with Crippen LogP contribution in [-0.2, 0) is 22.7 Å². The third-order valence-corrected chi connectivity index (χ3v) is 3.19. The van der Waals surface area contributed by atoms with Crippen molar-refractivity contribution in [2.24, 2.45) is 0 Å². The van der Waals surface area contributed by atoms with E-state index in [1.165, 1.54) is 17.7 Å². The number of hydrogen-bond donors (Lipinski definition) is 2. The number of carbonyl (C=O) groups is 1. The number of carbonyl (C=O) groups excluding carboxylic acids is 1. The second-order valence-corrected chi connectivity index (χ2v) is 5.01. The molecule has 0 spiro atoms. The van der Waals surface area contributed by atoms with Gasteiger partial charge in [0.1, 0.15) is 12.4 Å². The van der Waals surface area contributed by atoms with Crippen molar-refractivity contribution in [1.82, 2.24) is 9.55 Å². The van der Waals surface area contributed by atoms with Gasteiger partial charge in [0.2, 0.25) is 0 Å². The number of aromatic nitrogens is 2. The first kappa shape index (κ1) is 16.9. The Morgan fingerprint density at radius 2 is 2.04 bits per heavy atom. The summed E-state index contributed by atoms with van der Waals surface area (Å²) in [6, 6.07) is 9.02. The zero-order chi connectivity index (χ0) is 16.8. The maximum Gasteiger partial charge on any atom is 0.302 e. The highest BCUT2D eigenvalue weighted by Gasteiger charge is 2.15. The lowest BCUT2D eigenvalue weighted by atomic mass is 10.2. The molecule has 0 aliphatic carbocycles. The monoisotopic (exact) mass is 318 g/mol. The van der Waals surface area contributed by atoms with Crippen LogP contribution in [0.5, 0.6) is 0 Å². The normalized spacial score (nSPS) is 12.0. The van der Waals surface area contributed by atoms with Gasteiger partial charge in [0, 0.05) is 18.7 Å². The fourth-order valence-electron chi connectivity index (χ4n) is 2.07. The predicted molar refractivity (Wildman–Crippen MR) is 82.5 cm³/mol. The molecule has 0 amide bonds. The lowest BCUT2D eigenvalue weighted by Gasteiger charge is -2.16. The molecule has 0 aliphatic heterocycles. The van der Waals surface area contributed by atoms with E-state index in [1.54, 1.807) is 24.3 Å². The van der Waals surface area contributed by atoms with E-state index >= 15 is 0 Å². The lowest BCUT2D eigenvalue weighted by Crippen LogP contribution is -2.32. The Balaban J connectivity index is 2.48. The van der Waals surface area contributed by atoms with Crippen LogP contribution in [0.2, 0.25) is 0 Å². The Morgan fingerprint density at radius 1 is 1.35 bits per heavy atom. The van der Waals surface area contributed by atoms with E-state index in [0.717, 1.165) is 0 Å². The highest BCUT2D eigenvalue weighted by Crippen LogP contribution is 2.15. The van der Waals surface area contributed by atoms with Gasteiger partial charge in [-0.1, -0.05) is 30.3 Å². The summed E-state index contributed by atoms with van der Waals surface area (Å²) < 4.78 is 6.11. The average Bonchev–Trinajstić information content (AvgIpc) is 2.56. The maximum atomic E-state index is 12.6. The smallest absolute Gasteiger partial charge is 0.302 e. The molecule has 2 N–H and O–H groups in total. The minimum absolute atomic E-state index is 0.111. The topological polar surface area (TPSA) is 102 Å². The van der Waals surface area contributed by atoms with Crippen molar-refractivity contribution in [3.8, 4) is 11.4 Å². The molecule has 7 heteroatoms. The van der Waals surface area contributed by atoms with Crippen molar-refractivity contribution in [2.75, 3.05) is 6.61 Å². The molecular weight excluding hydrogens is 300 g/mol. The van der Waals surface area contributed by atoms with Gasteiger partial charge in [-0.15, -0.1) is 0 Å². The van der Waals surface area contributed by atoms with Crippen molar-refractivity contribution in [3.05, 3.63) is 52.4 Å². The van der Waals surface area contributed by atoms with Crippen LogP contribution in [-0.4, -0.2) is 38.4 Å². The minimum atomic E-state index is -1.10. The molecule has 1 heterocycles. The summed E-state index contributed by atoms with van der Waals surface area (Å²) in [5.41, 5.74) is 0.478. The van der Waals surface area contributed by atoms with Crippen molar-refractivity contribution < 1.29 is 19.7 Å². The molecule has 1 aromatic carbocycles. The number of nitrogens with zero attached hydrogens (tertiary/aromatic N) is 2. The number of hydrogen-bond acceptors (Lipinski definition) is 6. The van der Waals surface area contributed by atoms with Gasteiger partial charge < -0.3 is 14.9 Å². The number of esters is 1. The van der Waals surface area contributed by atoms with Gasteiger partial charge in [-0.3, -0.25) is 14.2 Å². The van der Waals surface area contributed by atoms with E-state index in [9.17, 15) is 14.7 Å². The molecule has 1 unspecified atom stereocenters. The minimum Gasteiger partial charge on any atom is -0.461 e. The van der Waals surface area contributed by atoms with E-state index in [2.05, 4.69) is 4.98 Å². The van der Waals surface area contributed by atoms with Crippen LogP contribution < -0.4 is 5.56 Å². The van der Waals surface area contributed by atoms with E-state index in [1.807, 2.05) is 6.07 Å². The van der Waals surface area contributed by atoms with E-state index in [-0.39, 0.29) is 18.7 Å². The molecule has 1 atom stereocenters. The van der Waals surface area contributed by atoms with Gasteiger partial charge in [0.15, 0.2) is 0 Å². The molecule has 0 bridgehead atoms. The van der Waals surface area contributed by atoms with Gasteiger partial charge in [0.25, 0.3) is 5.56 Å². The summed E-state index contributed by atoms with van der Waals surface area (Å²) >= 11 is 0. The number of benzene rings is 1. The van der Waals surface area contributed by atoms with Gasteiger partial charge in [-0.2, -0.15) is 0 Å². The van der Waals surface area contributed by atoms with E-state index < -0.39 is 24.2 Å². The predicted octanol–water partition coefficient (Wildman–Crippen LogP) is 0.327. The number of aliphatic hydroxyl groups excluding tert-OH is 2. The fourth-order valence-corrected chi connectivity index (χ4v) is 2.07. The molecular formula is C16H18N2O5. The first-order valence-corrected chi connectivity index (χ1v) is 7.09. The summed E-state index contributed by atoms with van der Waals surface area (Å²) in [4.78, 5) is 27.7. The lowest BCUT2D eigenvalue weighted by molar-refractivity contribution is -0.142. The van der Waals surface area contributed by atoms with Crippen LogP contribution in [0.15, 0.2) is 41.3 Å². The van der Waals surface area contributed by atoms with Gasteiger partial charge >= 0.3 is 5.97 Å². The van der Waals surface area contributed by atoms with Crippen molar-refractivity contribution in [2.45, 2.75) is 26.2 Å². The Kier molecular flexibility index (Phi) is 5.61. The number of aliphatic hydroxyl groups is 2. The summed E-state index contributed by atoms with van der Waals surface area (Å²) in [5, 5.41) is 18.7. The summed E-state index contributed by atoms with van der Waals surface area (Å²) in [6.45, 7) is 0.473. The highest BCUT2D eigenvalue weighted by atomic mass is 16.5. The maximum absolute atomic E-state index is 12.6. The zero-order valence-corrected chi connectivity index (χ0v) is 12.7. The molecule has 0 saturated carbocycles. The second-order valence-electron chi connectivity index (χ2n) is 5.01. The third-order valence-electron chi connectivity index (χ3n) is 3.19. The molecule has 7 nitrogen and oxygen atoms in total. The molecule has 0 radical (unpaired) electrons. The average molecular weight is 318 g/mol.